The predicted molar refractivity (Wildman–Crippen MR) is 156 cm³/mol. The molecule has 1 atom stereocenters. The zero-order chi connectivity index (χ0) is 29.8. The van der Waals surface area contributed by atoms with Crippen molar-refractivity contribution in [3.63, 3.8) is 0 Å². The maximum absolute atomic E-state index is 12.8. The summed E-state index contributed by atoms with van der Waals surface area (Å²) in [5.74, 6) is -0.972. The number of unbranched alkanes of at least 4 members (excludes halogenated alkanes) is 1. The van der Waals surface area contributed by atoms with Crippen LogP contribution in [0.5, 0.6) is 0 Å². The molecule has 0 radical (unpaired) electrons. The van der Waals surface area contributed by atoms with Gasteiger partial charge in [0, 0.05) is 19.5 Å². The number of hydrogen-bond donors (Lipinski definition) is 3. The van der Waals surface area contributed by atoms with Gasteiger partial charge in [0.05, 0.1) is 0 Å². The molecule has 0 saturated carbocycles. The van der Waals surface area contributed by atoms with Gasteiger partial charge in [0.2, 0.25) is 5.91 Å². The van der Waals surface area contributed by atoms with E-state index in [0.29, 0.717) is 25.8 Å². The summed E-state index contributed by atoms with van der Waals surface area (Å²) in [5, 5.41) is 7.92. The van der Waals surface area contributed by atoms with Crippen molar-refractivity contribution < 1.29 is 33.4 Å². The molecule has 0 spiro atoms. The molecule has 3 aromatic carbocycles. The van der Waals surface area contributed by atoms with Gasteiger partial charge in [-0.15, -0.1) is 0 Å². The van der Waals surface area contributed by atoms with Crippen molar-refractivity contribution in [1.29, 1.82) is 0 Å². The second kappa shape index (κ2) is 18.5. The molecule has 0 aliphatic carbocycles. The average Bonchev–Trinajstić information content (AvgIpc) is 3.02. The van der Waals surface area contributed by atoms with Crippen LogP contribution in [0.4, 0.5) is 9.59 Å². The highest BCUT2D eigenvalue weighted by Gasteiger charge is 2.22. The number of rotatable bonds is 16. The molecule has 3 aromatic rings. The highest BCUT2D eigenvalue weighted by Crippen LogP contribution is 2.08. The second-order valence-electron chi connectivity index (χ2n) is 9.44. The Bertz CT molecular complexity index is 1240. The lowest BCUT2D eigenvalue weighted by Gasteiger charge is -2.18. The van der Waals surface area contributed by atoms with E-state index in [1.165, 1.54) is 0 Å². The van der Waals surface area contributed by atoms with Crippen LogP contribution >= 0.6 is 0 Å². The smallest absolute Gasteiger partial charge is 0.407 e. The third kappa shape index (κ3) is 13.0. The summed E-state index contributed by atoms with van der Waals surface area (Å²) in [6, 6.07) is 27.0. The van der Waals surface area contributed by atoms with E-state index >= 15 is 0 Å². The van der Waals surface area contributed by atoms with Crippen LogP contribution in [0.2, 0.25) is 0 Å². The van der Waals surface area contributed by atoms with Gasteiger partial charge in [-0.3, -0.25) is 4.79 Å². The standard InChI is InChI=1S/C32H37N3O7/c36-29(19-21-34-32(39)42-24-27-16-8-3-9-17-27)35-28(30(37)40-22-25-12-4-1-5-13-25)18-10-11-20-33-31(38)41-23-26-14-6-2-7-15-26/h1-9,12-17,28H,10-11,18-24H2,(H,33,38)(H,34,39)(H,35,36)/t28-/m0/s1. The van der Waals surface area contributed by atoms with Gasteiger partial charge in [-0.05, 0) is 36.0 Å². The molecule has 0 bridgehead atoms. The fourth-order valence-corrected chi connectivity index (χ4v) is 3.84. The Hall–Kier alpha value is -4.86. The Morgan fingerprint density at radius 1 is 0.571 bits per heavy atom. The van der Waals surface area contributed by atoms with Crippen molar-refractivity contribution in [3.8, 4) is 0 Å². The SMILES string of the molecule is O=C(CCNC(=O)OCc1ccccc1)N[C@@H](CCCCNC(=O)OCc1ccccc1)C(=O)OCc1ccccc1. The lowest BCUT2D eigenvalue weighted by molar-refractivity contribution is -0.149. The Balaban J connectivity index is 1.38. The number of alkyl carbamates (subject to hydrolysis) is 2. The van der Waals surface area contributed by atoms with E-state index in [2.05, 4.69) is 16.0 Å². The monoisotopic (exact) mass is 575 g/mol. The Morgan fingerprint density at radius 3 is 1.52 bits per heavy atom. The van der Waals surface area contributed by atoms with Crippen molar-refractivity contribution in [3.05, 3.63) is 108 Å². The number of esters is 1. The van der Waals surface area contributed by atoms with E-state index in [1.807, 2.05) is 91.0 Å². The van der Waals surface area contributed by atoms with Gasteiger partial charge >= 0.3 is 18.2 Å². The molecule has 10 heteroatoms. The maximum atomic E-state index is 12.8. The van der Waals surface area contributed by atoms with Gasteiger partial charge in [0.15, 0.2) is 0 Å². The fraction of sp³-hybridized carbons (Fsp3) is 0.312. The largest absolute Gasteiger partial charge is 0.459 e. The van der Waals surface area contributed by atoms with Crippen molar-refractivity contribution in [1.82, 2.24) is 16.0 Å². The Morgan fingerprint density at radius 2 is 1.02 bits per heavy atom. The molecular formula is C32H37N3O7. The van der Waals surface area contributed by atoms with Gasteiger partial charge in [0.25, 0.3) is 0 Å². The summed E-state index contributed by atoms with van der Waals surface area (Å²) in [5.41, 5.74) is 2.56. The van der Waals surface area contributed by atoms with Gasteiger partial charge in [-0.2, -0.15) is 0 Å². The molecule has 0 unspecified atom stereocenters. The molecule has 222 valence electrons. The number of amides is 3. The van der Waals surface area contributed by atoms with Crippen LogP contribution in [0.15, 0.2) is 91.0 Å². The third-order valence-electron chi connectivity index (χ3n) is 6.08. The van der Waals surface area contributed by atoms with Gasteiger partial charge in [-0.25, -0.2) is 14.4 Å². The maximum Gasteiger partial charge on any atom is 0.407 e. The van der Waals surface area contributed by atoms with E-state index in [1.54, 1.807) is 0 Å². The normalized spacial score (nSPS) is 11.0. The molecule has 42 heavy (non-hydrogen) atoms. The van der Waals surface area contributed by atoms with Crippen molar-refractivity contribution >= 4 is 24.1 Å². The first kappa shape index (κ1) is 31.7. The summed E-state index contributed by atoms with van der Waals surface area (Å²) in [6.45, 7) is 0.764. The van der Waals surface area contributed by atoms with Gasteiger partial charge in [0.1, 0.15) is 25.9 Å². The first-order valence-electron chi connectivity index (χ1n) is 13.9. The van der Waals surface area contributed by atoms with E-state index in [4.69, 9.17) is 14.2 Å². The molecule has 0 saturated heterocycles. The third-order valence-corrected chi connectivity index (χ3v) is 6.08. The van der Waals surface area contributed by atoms with Crippen LogP contribution in [-0.4, -0.2) is 43.2 Å². The van der Waals surface area contributed by atoms with Gasteiger partial charge < -0.3 is 30.2 Å². The molecule has 0 heterocycles. The molecule has 10 nitrogen and oxygen atoms in total. The number of ether oxygens (including phenoxy) is 3. The minimum atomic E-state index is -0.878. The molecule has 0 aliphatic heterocycles. The molecule has 3 rings (SSSR count). The van der Waals surface area contributed by atoms with Crippen molar-refractivity contribution in [2.75, 3.05) is 13.1 Å². The molecule has 0 aliphatic rings. The number of hydrogen-bond acceptors (Lipinski definition) is 7. The van der Waals surface area contributed by atoms with Crippen LogP contribution in [0.3, 0.4) is 0 Å². The lowest BCUT2D eigenvalue weighted by Crippen LogP contribution is -2.43. The lowest BCUT2D eigenvalue weighted by atomic mass is 10.1. The zero-order valence-corrected chi connectivity index (χ0v) is 23.5. The first-order chi connectivity index (χ1) is 20.5. The predicted octanol–water partition coefficient (Wildman–Crippen LogP) is 4.63. The topological polar surface area (TPSA) is 132 Å². The molecule has 3 amide bonds. The van der Waals surface area contributed by atoms with Crippen LogP contribution in [0.25, 0.3) is 0 Å². The number of carbonyl (C=O) groups excluding carboxylic acids is 4. The second-order valence-corrected chi connectivity index (χ2v) is 9.44. The summed E-state index contributed by atoms with van der Waals surface area (Å²) in [4.78, 5) is 49.3. The minimum Gasteiger partial charge on any atom is -0.459 e. The first-order valence-corrected chi connectivity index (χ1v) is 13.9. The summed E-state index contributed by atoms with van der Waals surface area (Å²) in [7, 11) is 0. The van der Waals surface area contributed by atoms with E-state index in [0.717, 1.165) is 16.7 Å². The van der Waals surface area contributed by atoms with Crippen molar-refractivity contribution in [2.24, 2.45) is 0 Å². The minimum absolute atomic E-state index is 0.0419. The summed E-state index contributed by atoms with van der Waals surface area (Å²) < 4.78 is 15.8. The van der Waals surface area contributed by atoms with Crippen LogP contribution in [0.1, 0.15) is 42.4 Å². The quantitative estimate of drug-likeness (QED) is 0.129. The molecular weight excluding hydrogens is 538 g/mol. The highest BCUT2D eigenvalue weighted by molar-refractivity contribution is 5.84. The van der Waals surface area contributed by atoms with Crippen LogP contribution in [0, 0.1) is 0 Å². The fourth-order valence-electron chi connectivity index (χ4n) is 3.84. The molecule has 0 aromatic heterocycles. The average molecular weight is 576 g/mol. The van der Waals surface area contributed by atoms with E-state index in [9.17, 15) is 19.2 Å². The number of carbonyl (C=O) groups is 4. The number of nitrogens with one attached hydrogen (secondary N) is 3. The van der Waals surface area contributed by atoms with Crippen LogP contribution in [-0.2, 0) is 43.6 Å². The van der Waals surface area contributed by atoms with Crippen molar-refractivity contribution in [2.45, 2.75) is 51.5 Å². The number of benzene rings is 3. The highest BCUT2D eigenvalue weighted by atomic mass is 16.6. The Labute approximate surface area is 245 Å². The molecule has 3 N–H and O–H groups in total. The van der Waals surface area contributed by atoms with E-state index in [-0.39, 0.29) is 32.8 Å². The Kier molecular flexibility index (Phi) is 13.9. The summed E-state index contributed by atoms with van der Waals surface area (Å²) >= 11 is 0. The zero-order valence-electron chi connectivity index (χ0n) is 23.5. The summed E-state index contributed by atoms with van der Waals surface area (Å²) in [6.07, 6.45) is 0.202. The molecule has 0 fully saturated rings. The van der Waals surface area contributed by atoms with E-state index < -0.39 is 30.1 Å². The van der Waals surface area contributed by atoms with Crippen LogP contribution < -0.4 is 16.0 Å². The van der Waals surface area contributed by atoms with Gasteiger partial charge in [-0.1, -0.05) is 91.0 Å².